The van der Waals surface area contributed by atoms with Crippen molar-refractivity contribution in [2.24, 2.45) is 0 Å². The van der Waals surface area contributed by atoms with E-state index in [4.69, 9.17) is 0 Å². The third kappa shape index (κ3) is 3.80. The molecule has 4 rings (SSSR count). The number of thioether (sulfide) groups is 1. The maximum absolute atomic E-state index is 4.67. The highest BCUT2D eigenvalue weighted by molar-refractivity contribution is 7.98. The van der Waals surface area contributed by atoms with Gasteiger partial charge in [0.15, 0.2) is 11.0 Å². The minimum absolute atomic E-state index is 0.753. The molecule has 0 saturated carbocycles. The Morgan fingerprint density at radius 1 is 0.857 bits per heavy atom. The minimum atomic E-state index is 0.753. The van der Waals surface area contributed by atoms with Gasteiger partial charge in [-0.3, -0.25) is 0 Å². The van der Waals surface area contributed by atoms with E-state index in [1.165, 1.54) is 0 Å². The molecule has 0 amide bonds. The van der Waals surface area contributed by atoms with E-state index in [2.05, 4.69) is 40.9 Å². The lowest BCUT2D eigenvalue weighted by Gasteiger charge is -2.36. The Morgan fingerprint density at radius 3 is 2.18 bits per heavy atom. The summed E-state index contributed by atoms with van der Waals surface area (Å²) in [7, 11) is 0. The van der Waals surface area contributed by atoms with E-state index < -0.39 is 0 Å². The standard InChI is InChI=1S/C19H24N8S/c1-13-11-14(2)27(24-13)18-12-17(21-15(3)22-18)26-9-7-25(8-10-26)16-5-6-20-19(23-16)28-4/h5-6,11-12H,7-10H2,1-4H3. The molecule has 0 atom stereocenters. The first-order valence-electron chi connectivity index (χ1n) is 9.30. The summed E-state index contributed by atoms with van der Waals surface area (Å²) in [6.45, 7) is 9.51. The highest BCUT2D eigenvalue weighted by Crippen LogP contribution is 2.21. The van der Waals surface area contributed by atoms with Crippen LogP contribution in [0.5, 0.6) is 0 Å². The third-order valence-electron chi connectivity index (χ3n) is 4.77. The lowest BCUT2D eigenvalue weighted by Crippen LogP contribution is -2.47. The Hall–Kier alpha value is -2.68. The van der Waals surface area contributed by atoms with Crippen molar-refractivity contribution < 1.29 is 0 Å². The second kappa shape index (κ2) is 7.75. The van der Waals surface area contributed by atoms with Gasteiger partial charge in [-0.15, -0.1) is 0 Å². The largest absolute Gasteiger partial charge is 0.353 e. The SMILES string of the molecule is CSc1nccc(N2CCN(c3cc(-n4nc(C)cc4C)nc(C)n3)CC2)n1. The van der Waals surface area contributed by atoms with Gasteiger partial charge < -0.3 is 9.80 Å². The van der Waals surface area contributed by atoms with Gasteiger partial charge in [-0.2, -0.15) is 5.10 Å². The van der Waals surface area contributed by atoms with Crippen LogP contribution < -0.4 is 9.80 Å². The lowest BCUT2D eigenvalue weighted by atomic mass is 10.3. The molecular formula is C19H24N8S. The first-order chi connectivity index (χ1) is 13.5. The van der Waals surface area contributed by atoms with Crippen LogP contribution in [0.15, 0.2) is 29.6 Å². The van der Waals surface area contributed by atoms with Crippen LogP contribution in [0.25, 0.3) is 5.82 Å². The van der Waals surface area contributed by atoms with Crippen molar-refractivity contribution in [3.05, 3.63) is 41.6 Å². The molecule has 0 radical (unpaired) electrons. The Bertz CT molecular complexity index is 978. The van der Waals surface area contributed by atoms with E-state index in [0.717, 1.165) is 66.0 Å². The van der Waals surface area contributed by atoms with Crippen LogP contribution in [0.2, 0.25) is 0 Å². The first-order valence-corrected chi connectivity index (χ1v) is 10.5. The van der Waals surface area contributed by atoms with Crippen LogP contribution in [0.4, 0.5) is 11.6 Å². The summed E-state index contributed by atoms with van der Waals surface area (Å²) in [6, 6.07) is 6.06. The number of aryl methyl sites for hydroxylation is 3. The van der Waals surface area contributed by atoms with E-state index in [-0.39, 0.29) is 0 Å². The Balaban J connectivity index is 1.52. The fourth-order valence-corrected chi connectivity index (χ4v) is 3.79. The van der Waals surface area contributed by atoms with Crippen molar-refractivity contribution in [2.75, 3.05) is 42.2 Å². The van der Waals surface area contributed by atoms with Crippen LogP contribution in [-0.2, 0) is 0 Å². The van der Waals surface area contributed by atoms with Crippen molar-refractivity contribution >= 4 is 23.4 Å². The summed E-state index contributed by atoms with van der Waals surface area (Å²) in [5, 5.41) is 5.37. The number of nitrogens with zero attached hydrogens (tertiary/aromatic N) is 8. The zero-order valence-corrected chi connectivity index (χ0v) is 17.4. The van der Waals surface area contributed by atoms with Crippen molar-refractivity contribution in [3.8, 4) is 5.82 Å². The highest BCUT2D eigenvalue weighted by Gasteiger charge is 2.21. The molecule has 0 N–H and O–H groups in total. The molecule has 3 aromatic rings. The second-order valence-electron chi connectivity index (χ2n) is 6.85. The smallest absolute Gasteiger partial charge is 0.189 e. The van der Waals surface area contributed by atoms with Crippen LogP contribution in [0.3, 0.4) is 0 Å². The number of aromatic nitrogens is 6. The van der Waals surface area contributed by atoms with E-state index >= 15 is 0 Å². The molecule has 0 bridgehead atoms. The van der Waals surface area contributed by atoms with Gasteiger partial charge in [0.05, 0.1) is 5.69 Å². The summed E-state index contributed by atoms with van der Waals surface area (Å²) in [4.78, 5) is 22.7. The summed E-state index contributed by atoms with van der Waals surface area (Å²) in [5.41, 5.74) is 2.05. The van der Waals surface area contributed by atoms with Crippen molar-refractivity contribution in [3.63, 3.8) is 0 Å². The van der Waals surface area contributed by atoms with Crippen LogP contribution >= 0.6 is 11.8 Å². The van der Waals surface area contributed by atoms with Crippen molar-refractivity contribution in [1.29, 1.82) is 0 Å². The topological polar surface area (TPSA) is 75.9 Å². The minimum Gasteiger partial charge on any atom is -0.353 e. The van der Waals surface area contributed by atoms with Crippen molar-refractivity contribution in [2.45, 2.75) is 25.9 Å². The quantitative estimate of drug-likeness (QED) is 0.492. The van der Waals surface area contributed by atoms with Gasteiger partial charge in [0.2, 0.25) is 0 Å². The summed E-state index contributed by atoms with van der Waals surface area (Å²) >= 11 is 1.56. The van der Waals surface area contributed by atoms with Gasteiger partial charge in [-0.25, -0.2) is 24.6 Å². The van der Waals surface area contributed by atoms with E-state index in [1.54, 1.807) is 11.8 Å². The fourth-order valence-electron chi connectivity index (χ4n) is 3.44. The molecule has 0 unspecified atom stereocenters. The number of anilines is 2. The van der Waals surface area contributed by atoms with E-state index in [9.17, 15) is 0 Å². The number of rotatable bonds is 4. The first kappa shape index (κ1) is 18.7. The Kier molecular flexibility index (Phi) is 5.17. The zero-order valence-electron chi connectivity index (χ0n) is 16.6. The molecule has 28 heavy (non-hydrogen) atoms. The number of piperazine rings is 1. The molecule has 9 heteroatoms. The zero-order chi connectivity index (χ0) is 19.7. The Labute approximate surface area is 169 Å². The summed E-state index contributed by atoms with van der Waals surface area (Å²) < 4.78 is 1.88. The summed E-state index contributed by atoms with van der Waals surface area (Å²) in [6.07, 6.45) is 3.82. The predicted octanol–water partition coefficient (Wildman–Crippen LogP) is 2.43. The maximum Gasteiger partial charge on any atom is 0.189 e. The van der Waals surface area contributed by atoms with Gasteiger partial charge in [0.25, 0.3) is 0 Å². The second-order valence-corrected chi connectivity index (χ2v) is 7.62. The molecule has 4 heterocycles. The average molecular weight is 397 g/mol. The molecule has 1 saturated heterocycles. The molecule has 3 aromatic heterocycles. The molecule has 0 spiro atoms. The molecule has 1 fully saturated rings. The molecule has 8 nitrogen and oxygen atoms in total. The van der Waals surface area contributed by atoms with Gasteiger partial charge >= 0.3 is 0 Å². The normalized spacial score (nSPS) is 14.6. The maximum atomic E-state index is 4.67. The fraction of sp³-hybridized carbons (Fsp3) is 0.421. The molecular weight excluding hydrogens is 372 g/mol. The highest BCUT2D eigenvalue weighted by atomic mass is 32.2. The number of hydrogen-bond acceptors (Lipinski definition) is 8. The van der Waals surface area contributed by atoms with Gasteiger partial charge in [-0.1, -0.05) is 11.8 Å². The van der Waals surface area contributed by atoms with Crippen LogP contribution in [-0.4, -0.2) is 62.2 Å². The van der Waals surface area contributed by atoms with E-state index in [1.807, 2.05) is 50.0 Å². The van der Waals surface area contributed by atoms with Crippen molar-refractivity contribution in [1.82, 2.24) is 29.7 Å². The van der Waals surface area contributed by atoms with E-state index in [0.29, 0.717) is 0 Å². The van der Waals surface area contributed by atoms with Crippen LogP contribution in [0.1, 0.15) is 17.2 Å². The average Bonchev–Trinajstić information content (AvgIpc) is 3.06. The molecule has 0 aromatic carbocycles. The third-order valence-corrected chi connectivity index (χ3v) is 5.33. The molecule has 1 aliphatic rings. The van der Waals surface area contributed by atoms with Crippen LogP contribution in [0, 0.1) is 20.8 Å². The Morgan fingerprint density at radius 2 is 1.54 bits per heavy atom. The van der Waals surface area contributed by atoms with Gasteiger partial charge in [0, 0.05) is 44.1 Å². The molecule has 1 aliphatic heterocycles. The van der Waals surface area contributed by atoms with Gasteiger partial charge in [-0.05, 0) is 39.2 Å². The van der Waals surface area contributed by atoms with Gasteiger partial charge in [0.1, 0.15) is 17.5 Å². The monoisotopic (exact) mass is 396 g/mol. The molecule has 0 aliphatic carbocycles. The molecule has 146 valence electrons. The predicted molar refractivity (Wildman–Crippen MR) is 112 cm³/mol. The lowest BCUT2D eigenvalue weighted by molar-refractivity contribution is 0.635. The summed E-state index contributed by atoms with van der Waals surface area (Å²) in [5.74, 6) is 3.50. The number of hydrogen-bond donors (Lipinski definition) is 0.